The van der Waals surface area contributed by atoms with Crippen molar-refractivity contribution in [1.29, 1.82) is 0 Å². The summed E-state index contributed by atoms with van der Waals surface area (Å²) in [4.78, 5) is 10.2. The number of halogens is 1. The third-order valence-corrected chi connectivity index (χ3v) is 4.42. The van der Waals surface area contributed by atoms with Gasteiger partial charge in [-0.1, -0.05) is 11.6 Å². The largest absolute Gasteiger partial charge is 0.316 e. The van der Waals surface area contributed by atoms with Gasteiger partial charge in [0.05, 0.1) is 0 Å². The molecule has 0 bridgehead atoms. The zero-order chi connectivity index (χ0) is 14.7. The molecule has 5 heteroatoms. The van der Waals surface area contributed by atoms with Gasteiger partial charge < -0.3 is 5.32 Å². The molecule has 2 rings (SSSR count). The van der Waals surface area contributed by atoms with Gasteiger partial charge in [-0.05, 0) is 68.9 Å². The maximum atomic E-state index is 6.06. The van der Waals surface area contributed by atoms with Crippen LogP contribution in [0.4, 0.5) is 0 Å². The first kappa shape index (κ1) is 15.3. The van der Waals surface area contributed by atoms with Crippen molar-refractivity contribution in [1.82, 2.24) is 15.3 Å². The molecule has 0 unspecified atom stereocenters. The molecule has 106 valence electrons. The highest BCUT2D eigenvalue weighted by molar-refractivity contribution is 7.99. The molecule has 1 N–H and O–H groups in total. The molecule has 0 radical (unpaired) electrons. The van der Waals surface area contributed by atoms with Crippen molar-refractivity contribution in [2.24, 2.45) is 0 Å². The lowest BCUT2D eigenvalue weighted by Gasteiger charge is -2.10. The molecule has 0 saturated carbocycles. The first-order chi connectivity index (χ1) is 9.51. The fourth-order valence-corrected chi connectivity index (χ4v) is 3.02. The van der Waals surface area contributed by atoms with Gasteiger partial charge in [0, 0.05) is 27.9 Å². The number of aromatic nitrogens is 2. The van der Waals surface area contributed by atoms with Crippen LogP contribution in [0.15, 0.2) is 28.3 Å². The normalized spacial score (nSPS) is 10.8. The Morgan fingerprint density at radius 1 is 1.15 bits per heavy atom. The van der Waals surface area contributed by atoms with E-state index in [2.05, 4.69) is 15.3 Å². The van der Waals surface area contributed by atoms with Crippen LogP contribution in [0.25, 0.3) is 0 Å². The summed E-state index contributed by atoms with van der Waals surface area (Å²) >= 11 is 7.64. The predicted octanol–water partition coefficient (Wildman–Crippen LogP) is 3.93. The summed E-state index contributed by atoms with van der Waals surface area (Å²) in [5.74, 6) is 0. The SMILES string of the molecule is CNCc1cc(Cl)ccc1Sc1nc(C)c(C)c(C)n1. The lowest BCUT2D eigenvalue weighted by atomic mass is 10.2. The van der Waals surface area contributed by atoms with E-state index >= 15 is 0 Å². The smallest absolute Gasteiger partial charge is 0.192 e. The third kappa shape index (κ3) is 3.51. The zero-order valence-electron chi connectivity index (χ0n) is 12.1. The number of hydrogen-bond acceptors (Lipinski definition) is 4. The summed E-state index contributed by atoms with van der Waals surface area (Å²) < 4.78 is 0. The number of benzene rings is 1. The van der Waals surface area contributed by atoms with E-state index in [-0.39, 0.29) is 0 Å². The number of rotatable bonds is 4. The average Bonchev–Trinajstić information content (AvgIpc) is 2.39. The predicted molar refractivity (Wildman–Crippen MR) is 84.6 cm³/mol. The molecule has 3 nitrogen and oxygen atoms in total. The molecule has 1 heterocycles. The van der Waals surface area contributed by atoms with Crippen molar-refractivity contribution in [3.05, 3.63) is 45.7 Å². The van der Waals surface area contributed by atoms with E-state index in [0.29, 0.717) is 0 Å². The summed E-state index contributed by atoms with van der Waals surface area (Å²) in [5.41, 5.74) is 4.37. The summed E-state index contributed by atoms with van der Waals surface area (Å²) in [5, 5.41) is 4.69. The summed E-state index contributed by atoms with van der Waals surface area (Å²) in [6.07, 6.45) is 0. The minimum absolute atomic E-state index is 0.747. The average molecular weight is 308 g/mol. The molecule has 1 aromatic carbocycles. The van der Waals surface area contributed by atoms with Gasteiger partial charge in [-0.3, -0.25) is 0 Å². The summed E-state index contributed by atoms with van der Waals surface area (Å²) in [7, 11) is 1.92. The summed E-state index contributed by atoms with van der Waals surface area (Å²) in [6.45, 7) is 6.86. The Morgan fingerprint density at radius 2 is 1.80 bits per heavy atom. The standard InChI is InChI=1S/C15H18ClN3S/c1-9-10(2)18-15(19-11(9)3)20-14-6-5-13(16)7-12(14)8-17-4/h5-7,17H,8H2,1-4H3. The van der Waals surface area contributed by atoms with Gasteiger partial charge in [-0.2, -0.15) is 0 Å². The molecule has 1 aromatic heterocycles. The highest BCUT2D eigenvalue weighted by atomic mass is 35.5. The number of aryl methyl sites for hydroxylation is 2. The van der Waals surface area contributed by atoms with Gasteiger partial charge in [0.2, 0.25) is 0 Å². The van der Waals surface area contributed by atoms with Crippen LogP contribution in [-0.2, 0) is 6.54 Å². The number of nitrogens with one attached hydrogen (secondary N) is 1. The van der Waals surface area contributed by atoms with E-state index in [1.165, 1.54) is 0 Å². The van der Waals surface area contributed by atoms with Gasteiger partial charge >= 0.3 is 0 Å². The molecule has 0 spiro atoms. The van der Waals surface area contributed by atoms with Crippen LogP contribution >= 0.6 is 23.4 Å². The Hall–Kier alpha value is -1.10. The van der Waals surface area contributed by atoms with Crippen LogP contribution in [0, 0.1) is 20.8 Å². The fourth-order valence-electron chi connectivity index (χ4n) is 1.86. The lowest BCUT2D eigenvalue weighted by molar-refractivity contribution is 0.802. The Bertz CT molecular complexity index is 606. The molecule has 2 aromatic rings. The zero-order valence-corrected chi connectivity index (χ0v) is 13.7. The van der Waals surface area contributed by atoms with Crippen LogP contribution in [0.1, 0.15) is 22.5 Å². The maximum Gasteiger partial charge on any atom is 0.192 e. The van der Waals surface area contributed by atoms with Crippen molar-refractivity contribution in [2.75, 3.05) is 7.05 Å². The van der Waals surface area contributed by atoms with Gasteiger partial charge in [-0.15, -0.1) is 0 Å². The van der Waals surface area contributed by atoms with E-state index in [0.717, 1.165) is 44.1 Å². The van der Waals surface area contributed by atoms with E-state index < -0.39 is 0 Å². The van der Waals surface area contributed by atoms with Gasteiger partial charge in [0.1, 0.15) is 0 Å². The van der Waals surface area contributed by atoms with Crippen LogP contribution in [0.2, 0.25) is 5.02 Å². The highest BCUT2D eigenvalue weighted by Gasteiger charge is 2.09. The second-order valence-corrected chi connectivity index (χ2v) is 6.13. The molecule has 0 fully saturated rings. The Kier molecular flexibility index (Phi) is 5.02. The van der Waals surface area contributed by atoms with Crippen molar-refractivity contribution in [2.45, 2.75) is 37.4 Å². The molecular weight excluding hydrogens is 290 g/mol. The monoisotopic (exact) mass is 307 g/mol. The molecule has 20 heavy (non-hydrogen) atoms. The minimum Gasteiger partial charge on any atom is -0.316 e. The highest BCUT2D eigenvalue weighted by Crippen LogP contribution is 2.30. The molecule has 0 aliphatic heterocycles. The van der Waals surface area contributed by atoms with Crippen molar-refractivity contribution in [3.8, 4) is 0 Å². The Morgan fingerprint density at radius 3 is 2.40 bits per heavy atom. The Labute approximate surface area is 129 Å². The van der Waals surface area contributed by atoms with Crippen molar-refractivity contribution >= 4 is 23.4 Å². The third-order valence-electron chi connectivity index (χ3n) is 3.20. The first-order valence-corrected chi connectivity index (χ1v) is 7.63. The fraction of sp³-hybridized carbons (Fsp3) is 0.333. The maximum absolute atomic E-state index is 6.06. The van der Waals surface area contributed by atoms with Crippen LogP contribution in [0.3, 0.4) is 0 Å². The van der Waals surface area contributed by atoms with E-state index in [1.807, 2.05) is 46.0 Å². The van der Waals surface area contributed by atoms with Crippen LogP contribution in [0.5, 0.6) is 0 Å². The second kappa shape index (κ2) is 6.57. The second-order valence-electron chi connectivity index (χ2n) is 4.69. The van der Waals surface area contributed by atoms with Crippen LogP contribution in [-0.4, -0.2) is 17.0 Å². The molecule has 0 saturated heterocycles. The topological polar surface area (TPSA) is 37.8 Å². The van der Waals surface area contributed by atoms with E-state index in [1.54, 1.807) is 11.8 Å². The molecule has 0 aliphatic carbocycles. The number of hydrogen-bond donors (Lipinski definition) is 1. The quantitative estimate of drug-likeness (QED) is 0.869. The van der Waals surface area contributed by atoms with Gasteiger partial charge in [0.15, 0.2) is 5.16 Å². The Balaban J connectivity index is 2.34. The molecular formula is C15H18ClN3S. The van der Waals surface area contributed by atoms with Crippen molar-refractivity contribution < 1.29 is 0 Å². The number of nitrogens with zero attached hydrogens (tertiary/aromatic N) is 2. The minimum atomic E-state index is 0.747. The van der Waals surface area contributed by atoms with Gasteiger partial charge in [0.25, 0.3) is 0 Å². The van der Waals surface area contributed by atoms with Crippen molar-refractivity contribution in [3.63, 3.8) is 0 Å². The summed E-state index contributed by atoms with van der Waals surface area (Å²) in [6, 6.07) is 5.90. The van der Waals surface area contributed by atoms with E-state index in [9.17, 15) is 0 Å². The van der Waals surface area contributed by atoms with E-state index in [4.69, 9.17) is 11.6 Å². The molecule has 0 amide bonds. The lowest BCUT2D eigenvalue weighted by Crippen LogP contribution is -2.06. The molecule has 0 atom stereocenters. The molecule has 0 aliphatic rings. The first-order valence-electron chi connectivity index (χ1n) is 6.44. The van der Waals surface area contributed by atoms with Gasteiger partial charge in [-0.25, -0.2) is 9.97 Å². The van der Waals surface area contributed by atoms with Crippen LogP contribution < -0.4 is 5.32 Å².